The van der Waals surface area contributed by atoms with Gasteiger partial charge in [-0.3, -0.25) is 0 Å². The number of benzene rings is 2. The molecule has 2 aromatic rings. The molecule has 0 amide bonds. The fourth-order valence-electron chi connectivity index (χ4n) is 2.70. The summed E-state index contributed by atoms with van der Waals surface area (Å²) in [7, 11) is 2.12. The lowest BCUT2D eigenvalue weighted by atomic mass is 10.0. The van der Waals surface area contributed by atoms with Gasteiger partial charge in [-0.1, -0.05) is 30.3 Å². The van der Waals surface area contributed by atoms with Gasteiger partial charge in [0.2, 0.25) is 0 Å². The molecule has 0 fully saturated rings. The van der Waals surface area contributed by atoms with Crippen molar-refractivity contribution in [2.24, 2.45) is 5.73 Å². The van der Waals surface area contributed by atoms with E-state index in [1.807, 2.05) is 12.1 Å². The molecular formula is C17H20N2O. The van der Waals surface area contributed by atoms with Crippen LogP contribution in [0.5, 0.6) is 5.75 Å². The SMILES string of the molecule is CN(CC1COc2ccccc21)c1ccc(CN)cc1. The Morgan fingerprint density at radius 2 is 1.90 bits per heavy atom. The molecule has 1 aliphatic rings. The van der Waals surface area contributed by atoms with E-state index in [0.717, 1.165) is 24.5 Å². The predicted molar refractivity (Wildman–Crippen MR) is 82.3 cm³/mol. The van der Waals surface area contributed by atoms with E-state index in [-0.39, 0.29) is 0 Å². The highest BCUT2D eigenvalue weighted by molar-refractivity contribution is 5.48. The molecule has 3 nitrogen and oxygen atoms in total. The van der Waals surface area contributed by atoms with E-state index in [0.29, 0.717) is 12.5 Å². The van der Waals surface area contributed by atoms with Crippen molar-refractivity contribution >= 4 is 5.69 Å². The highest BCUT2D eigenvalue weighted by Gasteiger charge is 2.24. The second kappa shape index (κ2) is 5.55. The van der Waals surface area contributed by atoms with Crippen molar-refractivity contribution in [3.05, 3.63) is 59.7 Å². The summed E-state index contributed by atoms with van der Waals surface area (Å²) in [6.07, 6.45) is 0. The fraction of sp³-hybridized carbons (Fsp3) is 0.294. The van der Waals surface area contributed by atoms with E-state index >= 15 is 0 Å². The number of anilines is 1. The van der Waals surface area contributed by atoms with Crippen LogP contribution < -0.4 is 15.4 Å². The van der Waals surface area contributed by atoms with E-state index in [9.17, 15) is 0 Å². The number of fused-ring (bicyclic) bond motifs is 1. The van der Waals surface area contributed by atoms with Crippen LogP contribution in [-0.4, -0.2) is 20.2 Å². The molecule has 20 heavy (non-hydrogen) atoms. The van der Waals surface area contributed by atoms with Gasteiger partial charge in [-0.05, 0) is 23.8 Å². The van der Waals surface area contributed by atoms with Crippen LogP contribution >= 0.6 is 0 Å². The first-order valence-corrected chi connectivity index (χ1v) is 7.00. The average Bonchev–Trinajstić information content (AvgIpc) is 2.91. The van der Waals surface area contributed by atoms with Crippen LogP contribution in [0.2, 0.25) is 0 Å². The highest BCUT2D eigenvalue weighted by Crippen LogP contribution is 2.34. The quantitative estimate of drug-likeness (QED) is 0.926. The molecule has 1 atom stereocenters. The molecule has 0 aliphatic carbocycles. The molecule has 2 aromatic carbocycles. The number of para-hydroxylation sites is 1. The zero-order chi connectivity index (χ0) is 13.9. The lowest BCUT2D eigenvalue weighted by molar-refractivity contribution is 0.332. The predicted octanol–water partition coefficient (Wildman–Crippen LogP) is 2.76. The molecule has 1 heterocycles. The van der Waals surface area contributed by atoms with Crippen molar-refractivity contribution in [3.63, 3.8) is 0 Å². The minimum absolute atomic E-state index is 0.436. The molecule has 0 saturated heterocycles. The fourth-order valence-corrected chi connectivity index (χ4v) is 2.70. The summed E-state index contributed by atoms with van der Waals surface area (Å²) in [6, 6.07) is 16.8. The minimum atomic E-state index is 0.436. The van der Waals surface area contributed by atoms with Crippen molar-refractivity contribution in [1.29, 1.82) is 0 Å². The van der Waals surface area contributed by atoms with Gasteiger partial charge >= 0.3 is 0 Å². The Balaban J connectivity index is 1.71. The van der Waals surface area contributed by atoms with Gasteiger partial charge in [-0.15, -0.1) is 0 Å². The lowest BCUT2D eigenvalue weighted by Crippen LogP contribution is -2.25. The Bertz CT molecular complexity index is 580. The summed E-state index contributed by atoms with van der Waals surface area (Å²) in [6.45, 7) is 2.32. The summed E-state index contributed by atoms with van der Waals surface area (Å²) in [4.78, 5) is 2.27. The Kier molecular flexibility index (Phi) is 3.61. The molecule has 0 bridgehead atoms. The lowest BCUT2D eigenvalue weighted by Gasteiger charge is -2.23. The molecule has 1 unspecified atom stereocenters. The molecule has 0 saturated carbocycles. The number of hydrogen-bond donors (Lipinski definition) is 1. The summed E-state index contributed by atoms with van der Waals surface area (Å²) in [5.74, 6) is 1.47. The van der Waals surface area contributed by atoms with Gasteiger partial charge in [0.1, 0.15) is 5.75 Å². The van der Waals surface area contributed by atoms with E-state index in [4.69, 9.17) is 10.5 Å². The average molecular weight is 268 g/mol. The first-order valence-electron chi connectivity index (χ1n) is 7.00. The number of nitrogens with zero attached hydrogens (tertiary/aromatic N) is 1. The van der Waals surface area contributed by atoms with Crippen molar-refractivity contribution in [2.45, 2.75) is 12.5 Å². The van der Waals surface area contributed by atoms with E-state index < -0.39 is 0 Å². The maximum Gasteiger partial charge on any atom is 0.122 e. The molecule has 0 radical (unpaired) electrons. The molecule has 2 N–H and O–H groups in total. The van der Waals surface area contributed by atoms with Gasteiger partial charge < -0.3 is 15.4 Å². The van der Waals surface area contributed by atoms with Crippen LogP contribution in [0.1, 0.15) is 17.0 Å². The molecule has 1 aliphatic heterocycles. The van der Waals surface area contributed by atoms with Crippen molar-refractivity contribution in [2.75, 3.05) is 25.1 Å². The highest BCUT2D eigenvalue weighted by atomic mass is 16.5. The van der Waals surface area contributed by atoms with Gasteiger partial charge in [-0.25, -0.2) is 0 Å². The monoisotopic (exact) mass is 268 g/mol. The van der Waals surface area contributed by atoms with Crippen LogP contribution in [0.3, 0.4) is 0 Å². The number of rotatable bonds is 4. The topological polar surface area (TPSA) is 38.5 Å². The standard InChI is InChI=1S/C17H20N2O/c1-19(15-8-6-13(10-18)7-9-15)11-14-12-20-17-5-3-2-4-16(14)17/h2-9,14H,10-12,18H2,1H3. The van der Waals surface area contributed by atoms with Crippen molar-refractivity contribution in [1.82, 2.24) is 0 Å². The third-order valence-electron chi connectivity index (χ3n) is 3.91. The minimum Gasteiger partial charge on any atom is -0.493 e. The normalized spacial score (nSPS) is 16.6. The Morgan fingerprint density at radius 1 is 1.15 bits per heavy atom. The summed E-state index contributed by atoms with van der Waals surface area (Å²) in [5, 5.41) is 0. The maximum atomic E-state index is 5.74. The molecule has 0 aromatic heterocycles. The number of nitrogens with two attached hydrogens (primary N) is 1. The molecular weight excluding hydrogens is 248 g/mol. The first kappa shape index (κ1) is 13.0. The second-order valence-electron chi connectivity index (χ2n) is 5.30. The molecule has 104 valence electrons. The summed E-state index contributed by atoms with van der Waals surface area (Å²) < 4.78 is 5.74. The van der Waals surface area contributed by atoms with Gasteiger partial charge in [0.15, 0.2) is 0 Å². The van der Waals surface area contributed by atoms with E-state index in [1.54, 1.807) is 0 Å². The third-order valence-corrected chi connectivity index (χ3v) is 3.91. The largest absolute Gasteiger partial charge is 0.493 e. The second-order valence-corrected chi connectivity index (χ2v) is 5.30. The summed E-state index contributed by atoms with van der Waals surface area (Å²) in [5.41, 5.74) is 9.33. The van der Waals surface area contributed by atoms with Crippen LogP contribution in [0.4, 0.5) is 5.69 Å². The molecule has 3 heteroatoms. The van der Waals surface area contributed by atoms with Crippen molar-refractivity contribution < 1.29 is 4.74 Å². The van der Waals surface area contributed by atoms with E-state index in [2.05, 4.69) is 48.3 Å². The molecule has 0 spiro atoms. The third kappa shape index (κ3) is 2.49. The zero-order valence-electron chi connectivity index (χ0n) is 11.8. The number of likely N-dealkylation sites (N-methyl/N-ethyl adjacent to an activating group) is 1. The van der Waals surface area contributed by atoms with Gasteiger partial charge in [0, 0.05) is 37.3 Å². The van der Waals surface area contributed by atoms with Crippen LogP contribution in [0.25, 0.3) is 0 Å². The van der Waals surface area contributed by atoms with Gasteiger partial charge in [-0.2, -0.15) is 0 Å². The van der Waals surface area contributed by atoms with E-state index in [1.165, 1.54) is 11.3 Å². The van der Waals surface area contributed by atoms with Gasteiger partial charge in [0.25, 0.3) is 0 Å². The Morgan fingerprint density at radius 3 is 2.65 bits per heavy atom. The number of hydrogen-bond acceptors (Lipinski definition) is 3. The number of ether oxygens (including phenoxy) is 1. The Labute approximate surface area is 120 Å². The first-order chi connectivity index (χ1) is 9.78. The van der Waals surface area contributed by atoms with Crippen LogP contribution in [0, 0.1) is 0 Å². The summed E-state index contributed by atoms with van der Waals surface area (Å²) >= 11 is 0. The smallest absolute Gasteiger partial charge is 0.122 e. The zero-order valence-corrected chi connectivity index (χ0v) is 11.8. The maximum absolute atomic E-state index is 5.74. The van der Waals surface area contributed by atoms with Gasteiger partial charge in [0.05, 0.1) is 6.61 Å². The van der Waals surface area contributed by atoms with Crippen LogP contribution in [-0.2, 0) is 6.54 Å². The molecule has 3 rings (SSSR count). The Hall–Kier alpha value is -2.00. The van der Waals surface area contributed by atoms with Crippen LogP contribution in [0.15, 0.2) is 48.5 Å². The van der Waals surface area contributed by atoms with Crippen molar-refractivity contribution in [3.8, 4) is 5.75 Å².